The summed E-state index contributed by atoms with van der Waals surface area (Å²) in [5.41, 5.74) is 5.08. The van der Waals surface area contributed by atoms with E-state index in [0.717, 1.165) is 5.56 Å². The minimum atomic E-state index is -0.783. The number of rotatable bonds is 12. The Morgan fingerprint density at radius 1 is 1.02 bits per heavy atom. The van der Waals surface area contributed by atoms with Gasteiger partial charge in [0.15, 0.2) is 23.9 Å². The van der Waals surface area contributed by atoms with Crippen LogP contribution in [0.25, 0.3) is 0 Å². The fourth-order valence-electron chi connectivity index (χ4n) is 4.28. The maximum absolute atomic E-state index is 12.6. The van der Waals surface area contributed by atoms with Crippen molar-refractivity contribution in [2.24, 2.45) is 5.10 Å². The Kier molecular flexibility index (Phi) is 11.1. The Hall–Kier alpha value is -4.74. The molecule has 1 atom stereocenters. The van der Waals surface area contributed by atoms with Gasteiger partial charge in [0.05, 0.1) is 41.6 Å². The highest BCUT2D eigenvalue weighted by Gasteiger charge is 2.32. The number of esters is 1. The normalized spacial score (nSPS) is 14.5. The third-order valence-corrected chi connectivity index (χ3v) is 6.86. The van der Waals surface area contributed by atoms with Crippen LogP contribution in [-0.2, 0) is 20.9 Å². The second-order valence-corrected chi connectivity index (χ2v) is 10.2. The van der Waals surface area contributed by atoms with E-state index in [1.165, 1.54) is 13.3 Å². The number of hydrazone groups is 1. The molecule has 1 heterocycles. The number of hydrogen-bond acceptors (Lipinski definition) is 8. The number of benzene rings is 3. The number of nitrogens with one attached hydrogen (secondary N) is 3. The second-order valence-electron chi connectivity index (χ2n) is 9.37. The minimum absolute atomic E-state index is 0.177. The molecule has 3 aromatic carbocycles. The molecule has 1 aliphatic heterocycles. The van der Waals surface area contributed by atoms with Gasteiger partial charge in [-0.15, -0.1) is 0 Å². The van der Waals surface area contributed by atoms with E-state index in [0.29, 0.717) is 39.2 Å². The summed E-state index contributed by atoms with van der Waals surface area (Å²) in [7, 11) is 1.43. The fraction of sp³-hybridized carbons (Fsp3) is 0.226. The van der Waals surface area contributed by atoms with Crippen LogP contribution in [0.15, 0.2) is 77.0 Å². The van der Waals surface area contributed by atoms with Crippen LogP contribution in [-0.4, -0.2) is 44.4 Å². The van der Waals surface area contributed by atoms with Crippen LogP contribution >= 0.6 is 23.2 Å². The molecular weight excluding hydrogens is 611 g/mol. The van der Waals surface area contributed by atoms with E-state index in [1.54, 1.807) is 44.2 Å². The SMILES string of the molecule is CCOC(=O)C1=C(C)NC(=O)N[C@H]1c1ccc(OCC(=O)N/N=C\c2cc(Cl)c(OCc3ccccc3)c(Cl)c2)c(OC)c1. The molecule has 0 aliphatic carbocycles. The summed E-state index contributed by atoms with van der Waals surface area (Å²) in [6, 6.07) is 16.4. The average molecular weight is 642 g/mol. The predicted molar refractivity (Wildman–Crippen MR) is 165 cm³/mol. The van der Waals surface area contributed by atoms with Crippen molar-refractivity contribution < 1.29 is 33.3 Å². The standard InChI is InChI=1S/C31H30Cl2N4O7/c1-4-42-30(39)27-18(2)35-31(40)36-28(27)21-10-11-24(25(14-21)41-3)43-17-26(38)37-34-15-20-12-22(32)29(23(33)13-20)44-16-19-8-6-5-7-9-19/h5-15,28H,4,16-17H2,1-3H3,(H,37,38)(H2,35,36,40)/b34-15-/t28-/m0/s1. The van der Waals surface area contributed by atoms with Crippen LogP contribution in [0, 0.1) is 0 Å². The van der Waals surface area contributed by atoms with Crippen LogP contribution in [0.4, 0.5) is 4.79 Å². The topological polar surface area (TPSA) is 137 Å². The Morgan fingerprint density at radius 3 is 2.43 bits per heavy atom. The van der Waals surface area contributed by atoms with Crippen molar-refractivity contribution in [3.05, 3.63) is 98.7 Å². The van der Waals surface area contributed by atoms with Gasteiger partial charge in [-0.25, -0.2) is 15.0 Å². The molecule has 0 fully saturated rings. The number of allylic oxidation sites excluding steroid dienone is 1. The number of carbonyl (C=O) groups is 3. The number of ether oxygens (including phenoxy) is 4. The number of halogens is 2. The Bertz CT molecular complexity index is 1570. The molecule has 230 valence electrons. The van der Waals surface area contributed by atoms with E-state index in [9.17, 15) is 14.4 Å². The van der Waals surface area contributed by atoms with Gasteiger partial charge in [0, 0.05) is 5.70 Å². The van der Waals surface area contributed by atoms with Crippen molar-refractivity contribution in [1.82, 2.24) is 16.1 Å². The quantitative estimate of drug-likeness (QED) is 0.139. The third kappa shape index (κ3) is 8.21. The first-order chi connectivity index (χ1) is 21.2. The highest BCUT2D eigenvalue weighted by molar-refractivity contribution is 6.37. The highest BCUT2D eigenvalue weighted by Crippen LogP contribution is 2.35. The smallest absolute Gasteiger partial charge is 0.338 e. The number of nitrogens with zero attached hydrogens (tertiary/aromatic N) is 1. The van der Waals surface area contributed by atoms with Crippen molar-refractivity contribution in [3.8, 4) is 17.2 Å². The van der Waals surface area contributed by atoms with Crippen LogP contribution in [0.1, 0.15) is 36.6 Å². The predicted octanol–water partition coefficient (Wildman–Crippen LogP) is 5.30. The van der Waals surface area contributed by atoms with E-state index in [-0.39, 0.29) is 30.3 Å². The van der Waals surface area contributed by atoms with Crippen LogP contribution in [0.3, 0.4) is 0 Å². The number of methoxy groups -OCH3 is 1. The van der Waals surface area contributed by atoms with Gasteiger partial charge in [0.1, 0.15) is 6.61 Å². The van der Waals surface area contributed by atoms with Crippen molar-refractivity contribution in [2.45, 2.75) is 26.5 Å². The van der Waals surface area contributed by atoms with Gasteiger partial charge in [-0.2, -0.15) is 5.10 Å². The van der Waals surface area contributed by atoms with Crippen molar-refractivity contribution in [3.63, 3.8) is 0 Å². The maximum atomic E-state index is 12.6. The molecule has 0 aromatic heterocycles. The summed E-state index contributed by atoms with van der Waals surface area (Å²) < 4.78 is 22.0. The zero-order valence-corrected chi connectivity index (χ0v) is 25.6. The van der Waals surface area contributed by atoms with Crippen LogP contribution in [0.2, 0.25) is 10.0 Å². The van der Waals surface area contributed by atoms with E-state index in [4.69, 9.17) is 42.1 Å². The molecule has 3 N–H and O–H groups in total. The van der Waals surface area contributed by atoms with Crippen molar-refractivity contribution in [2.75, 3.05) is 20.3 Å². The number of hydrogen-bond donors (Lipinski definition) is 3. The lowest BCUT2D eigenvalue weighted by molar-refractivity contribution is -0.139. The van der Waals surface area contributed by atoms with Gasteiger partial charge >= 0.3 is 12.0 Å². The van der Waals surface area contributed by atoms with Crippen LogP contribution in [0.5, 0.6) is 17.2 Å². The first-order valence-corrected chi connectivity index (χ1v) is 14.2. The van der Waals surface area contributed by atoms with Crippen molar-refractivity contribution >= 4 is 47.3 Å². The lowest BCUT2D eigenvalue weighted by atomic mass is 9.95. The van der Waals surface area contributed by atoms with Gasteiger partial charge in [-0.3, -0.25) is 4.79 Å². The lowest BCUT2D eigenvalue weighted by Crippen LogP contribution is -2.45. The molecule has 0 saturated carbocycles. The monoisotopic (exact) mass is 640 g/mol. The lowest BCUT2D eigenvalue weighted by Gasteiger charge is -2.28. The summed E-state index contributed by atoms with van der Waals surface area (Å²) in [5, 5.41) is 9.84. The summed E-state index contributed by atoms with van der Waals surface area (Å²) in [5.74, 6) is -0.209. The van der Waals surface area contributed by atoms with E-state index in [1.807, 2.05) is 30.3 Å². The molecular formula is C31H30Cl2N4O7. The molecule has 0 bridgehead atoms. The first-order valence-electron chi connectivity index (χ1n) is 13.4. The number of carbonyl (C=O) groups excluding carboxylic acids is 3. The molecule has 3 aromatic rings. The van der Waals surface area contributed by atoms with Gasteiger partial charge < -0.3 is 29.6 Å². The summed E-state index contributed by atoms with van der Waals surface area (Å²) in [6.45, 7) is 3.42. The van der Waals surface area contributed by atoms with Gasteiger partial charge in [0.25, 0.3) is 5.91 Å². The molecule has 3 amide bonds. The first kappa shape index (κ1) is 32.2. The molecule has 0 unspecified atom stereocenters. The molecule has 0 spiro atoms. The second kappa shape index (κ2) is 15.1. The van der Waals surface area contributed by atoms with E-state index in [2.05, 4.69) is 21.2 Å². The third-order valence-electron chi connectivity index (χ3n) is 6.29. The molecule has 0 radical (unpaired) electrons. The zero-order chi connectivity index (χ0) is 31.6. The summed E-state index contributed by atoms with van der Waals surface area (Å²) in [4.78, 5) is 37.1. The summed E-state index contributed by atoms with van der Waals surface area (Å²) in [6.07, 6.45) is 1.38. The molecule has 11 nitrogen and oxygen atoms in total. The molecule has 13 heteroatoms. The van der Waals surface area contributed by atoms with Gasteiger partial charge in [-0.1, -0.05) is 59.6 Å². The van der Waals surface area contributed by atoms with Crippen LogP contribution < -0.4 is 30.3 Å². The maximum Gasteiger partial charge on any atom is 0.338 e. The molecule has 1 aliphatic rings. The van der Waals surface area contributed by atoms with E-state index < -0.39 is 23.9 Å². The Balaban J connectivity index is 1.36. The number of amides is 3. The Morgan fingerprint density at radius 2 is 1.75 bits per heavy atom. The van der Waals surface area contributed by atoms with Gasteiger partial charge in [-0.05, 0) is 54.8 Å². The highest BCUT2D eigenvalue weighted by atomic mass is 35.5. The number of urea groups is 1. The van der Waals surface area contributed by atoms with Crippen molar-refractivity contribution in [1.29, 1.82) is 0 Å². The molecule has 4 rings (SSSR count). The molecule has 44 heavy (non-hydrogen) atoms. The fourth-order valence-corrected chi connectivity index (χ4v) is 4.90. The zero-order valence-electron chi connectivity index (χ0n) is 24.1. The Labute approximate surface area is 264 Å². The van der Waals surface area contributed by atoms with Gasteiger partial charge in [0.2, 0.25) is 0 Å². The van der Waals surface area contributed by atoms with E-state index >= 15 is 0 Å². The average Bonchev–Trinajstić information content (AvgIpc) is 2.99. The summed E-state index contributed by atoms with van der Waals surface area (Å²) >= 11 is 12.7. The minimum Gasteiger partial charge on any atom is -0.493 e. The molecule has 0 saturated heterocycles. The largest absolute Gasteiger partial charge is 0.493 e.